The van der Waals surface area contributed by atoms with Gasteiger partial charge in [0, 0.05) is 16.6 Å². The molecule has 0 aromatic heterocycles. The van der Waals surface area contributed by atoms with Gasteiger partial charge in [-0.3, -0.25) is 0 Å². The topological polar surface area (TPSA) is 21.3 Å². The zero-order chi connectivity index (χ0) is 14.5. The Hall–Kier alpha value is -1.38. The molecular formula is C16H17Cl2NO. The van der Waals surface area contributed by atoms with Crippen molar-refractivity contribution in [2.75, 3.05) is 11.9 Å². The number of ether oxygens (including phenoxy) is 1. The number of halogens is 2. The third-order valence-corrected chi connectivity index (χ3v) is 3.49. The molecule has 106 valence electrons. The van der Waals surface area contributed by atoms with Gasteiger partial charge in [0.2, 0.25) is 0 Å². The van der Waals surface area contributed by atoms with Crippen LogP contribution in [0.3, 0.4) is 0 Å². The molecule has 0 spiro atoms. The van der Waals surface area contributed by atoms with E-state index >= 15 is 0 Å². The van der Waals surface area contributed by atoms with Crippen LogP contribution < -0.4 is 10.1 Å². The molecule has 1 N–H and O–H groups in total. The van der Waals surface area contributed by atoms with E-state index in [0.29, 0.717) is 18.2 Å². The number of anilines is 1. The third kappa shape index (κ3) is 3.81. The van der Waals surface area contributed by atoms with Crippen LogP contribution in [0.2, 0.25) is 10.0 Å². The van der Waals surface area contributed by atoms with Crippen molar-refractivity contribution < 1.29 is 4.74 Å². The molecule has 2 aromatic rings. The Kier molecular flexibility index (Phi) is 5.16. The van der Waals surface area contributed by atoms with Gasteiger partial charge in [0.15, 0.2) is 0 Å². The second-order valence-electron chi connectivity index (χ2n) is 4.50. The zero-order valence-electron chi connectivity index (χ0n) is 11.5. The quantitative estimate of drug-likeness (QED) is 0.807. The van der Waals surface area contributed by atoms with Gasteiger partial charge >= 0.3 is 0 Å². The maximum atomic E-state index is 6.04. The van der Waals surface area contributed by atoms with Crippen LogP contribution in [0.4, 0.5) is 5.69 Å². The van der Waals surface area contributed by atoms with E-state index < -0.39 is 0 Å². The molecule has 20 heavy (non-hydrogen) atoms. The minimum atomic E-state index is 0.621. The first-order valence-corrected chi connectivity index (χ1v) is 7.27. The van der Waals surface area contributed by atoms with E-state index in [9.17, 15) is 0 Å². The average Bonchev–Trinajstić information content (AvgIpc) is 2.41. The van der Waals surface area contributed by atoms with Crippen molar-refractivity contribution in [2.45, 2.75) is 20.4 Å². The Morgan fingerprint density at radius 2 is 1.75 bits per heavy atom. The smallest absolute Gasteiger partial charge is 0.142 e. The van der Waals surface area contributed by atoms with E-state index in [4.69, 9.17) is 27.9 Å². The lowest BCUT2D eigenvalue weighted by Crippen LogP contribution is -2.04. The Morgan fingerprint density at radius 1 is 1.05 bits per heavy atom. The SMILES string of the molecule is CCOc1ccc(Cl)cc1NCc1ccc(Cl)cc1C. The van der Waals surface area contributed by atoms with E-state index in [1.807, 2.05) is 50.2 Å². The van der Waals surface area contributed by atoms with Gasteiger partial charge in [0.25, 0.3) is 0 Å². The normalized spacial score (nSPS) is 10.4. The van der Waals surface area contributed by atoms with E-state index in [1.54, 1.807) is 0 Å². The van der Waals surface area contributed by atoms with Crippen LogP contribution in [-0.4, -0.2) is 6.61 Å². The van der Waals surface area contributed by atoms with Gasteiger partial charge < -0.3 is 10.1 Å². The molecule has 0 aliphatic carbocycles. The summed E-state index contributed by atoms with van der Waals surface area (Å²) < 4.78 is 5.59. The lowest BCUT2D eigenvalue weighted by molar-refractivity contribution is 0.341. The predicted molar refractivity (Wildman–Crippen MR) is 86.1 cm³/mol. The number of aryl methyl sites for hydroxylation is 1. The molecule has 0 saturated heterocycles. The minimum absolute atomic E-state index is 0.621. The van der Waals surface area contributed by atoms with Crippen molar-refractivity contribution >= 4 is 28.9 Å². The third-order valence-electron chi connectivity index (χ3n) is 3.02. The summed E-state index contributed by atoms with van der Waals surface area (Å²) in [5, 5.41) is 4.80. The number of benzene rings is 2. The second-order valence-corrected chi connectivity index (χ2v) is 5.37. The molecule has 0 fully saturated rings. The van der Waals surface area contributed by atoms with E-state index in [-0.39, 0.29) is 0 Å². The zero-order valence-corrected chi connectivity index (χ0v) is 13.1. The molecule has 2 rings (SSSR count). The highest BCUT2D eigenvalue weighted by molar-refractivity contribution is 6.31. The Balaban J connectivity index is 2.15. The van der Waals surface area contributed by atoms with Gasteiger partial charge in [-0.15, -0.1) is 0 Å². The van der Waals surface area contributed by atoms with Crippen LogP contribution in [0.15, 0.2) is 36.4 Å². The molecule has 0 unspecified atom stereocenters. The molecule has 0 amide bonds. The van der Waals surface area contributed by atoms with Crippen LogP contribution in [0.1, 0.15) is 18.1 Å². The van der Waals surface area contributed by atoms with Crippen molar-refractivity contribution in [1.82, 2.24) is 0 Å². The van der Waals surface area contributed by atoms with Crippen molar-refractivity contribution in [1.29, 1.82) is 0 Å². The molecule has 0 heterocycles. The highest BCUT2D eigenvalue weighted by Gasteiger charge is 2.05. The first kappa shape index (κ1) is 15.0. The Bertz CT molecular complexity index is 599. The van der Waals surface area contributed by atoms with Gasteiger partial charge in [-0.25, -0.2) is 0 Å². The predicted octanol–water partition coefficient (Wildman–Crippen LogP) is 5.31. The molecule has 0 radical (unpaired) electrons. The minimum Gasteiger partial charge on any atom is -0.492 e. The largest absolute Gasteiger partial charge is 0.492 e. The summed E-state index contributed by atoms with van der Waals surface area (Å²) in [5.41, 5.74) is 3.25. The summed E-state index contributed by atoms with van der Waals surface area (Å²) in [6, 6.07) is 11.5. The van der Waals surface area contributed by atoms with Crippen LogP contribution in [0.25, 0.3) is 0 Å². The molecule has 0 aliphatic heterocycles. The van der Waals surface area contributed by atoms with Gasteiger partial charge in [-0.1, -0.05) is 29.3 Å². The fraction of sp³-hybridized carbons (Fsp3) is 0.250. The molecular weight excluding hydrogens is 293 g/mol. The van der Waals surface area contributed by atoms with Crippen molar-refractivity contribution in [2.24, 2.45) is 0 Å². The molecule has 0 atom stereocenters. The maximum absolute atomic E-state index is 6.04. The fourth-order valence-electron chi connectivity index (χ4n) is 1.97. The van der Waals surface area contributed by atoms with Gasteiger partial charge in [-0.2, -0.15) is 0 Å². The molecule has 4 heteroatoms. The lowest BCUT2D eigenvalue weighted by atomic mass is 10.1. The first-order valence-electron chi connectivity index (χ1n) is 6.51. The average molecular weight is 310 g/mol. The summed E-state index contributed by atoms with van der Waals surface area (Å²) in [6.07, 6.45) is 0. The molecule has 0 bridgehead atoms. The summed E-state index contributed by atoms with van der Waals surface area (Å²) in [4.78, 5) is 0. The molecule has 0 aliphatic rings. The Morgan fingerprint density at radius 3 is 2.45 bits per heavy atom. The Labute approximate surface area is 129 Å². The highest BCUT2D eigenvalue weighted by atomic mass is 35.5. The van der Waals surface area contributed by atoms with Crippen molar-refractivity contribution in [3.63, 3.8) is 0 Å². The fourth-order valence-corrected chi connectivity index (χ4v) is 2.37. The van der Waals surface area contributed by atoms with Crippen LogP contribution >= 0.6 is 23.2 Å². The monoisotopic (exact) mass is 309 g/mol. The highest BCUT2D eigenvalue weighted by Crippen LogP contribution is 2.29. The number of hydrogen-bond acceptors (Lipinski definition) is 2. The number of hydrogen-bond donors (Lipinski definition) is 1. The molecule has 2 aromatic carbocycles. The summed E-state index contributed by atoms with van der Waals surface area (Å²) >= 11 is 12.0. The van der Waals surface area contributed by atoms with Crippen molar-refractivity contribution in [3.8, 4) is 5.75 Å². The standard InChI is InChI=1S/C16H17Cl2NO/c1-3-20-16-7-6-14(18)9-15(16)19-10-12-4-5-13(17)8-11(12)2/h4-9,19H,3,10H2,1-2H3. The number of nitrogens with one attached hydrogen (secondary N) is 1. The summed E-state index contributed by atoms with van der Waals surface area (Å²) in [6.45, 7) is 5.33. The number of rotatable bonds is 5. The van der Waals surface area contributed by atoms with E-state index in [0.717, 1.165) is 22.0 Å². The lowest BCUT2D eigenvalue weighted by Gasteiger charge is -2.14. The van der Waals surface area contributed by atoms with Gasteiger partial charge in [0.1, 0.15) is 5.75 Å². The van der Waals surface area contributed by atoms with Crippen LogP contribution in [0, 0.1) is 6.92 Å². The maximum Gasteiger partial charge on any atom is 0.142 e. The van der Waals surface area contributed by atoms with Gasteiger partial charge in [-0.05, 0) is 55.3 Å². The van der Waals surface area contributed by atoms with E-state index in [1.165, 1.54) is 5.56 Å². The summed E-state index contributed by atoms with van der Waals surface area (Å²) in [7, 11) is 0. The van der Waals surface area contributed by atoms with Gasteiger partial charge in [0.05, 0.1) is 12.3 Å². The van der Waals surface area contributed by atoms with E-state index in [2.05, 4.69) is 5.32 Å². The molecule has 2 nitrogen and oxygen atoms in total. The second kappa shape index (κ2) is 6.87. The first-order chi connectivity index (χ1) is 9.60. The van der Waals surface area contributed by atoms with Crippen LogP contribution in [-0.2, 0) is 6.54 Å². The van der Waals surface area contributed by atoms with Crippen molar-refractivity contribution in [3.05, 3.63) is 57.6 Å². The molecule has 0 saturated carbocycles. The summed E-state index contributed by atoms with van der Waals surface area (Å²) in [5.74, 6) is 0.809. The van der Waals surface area contributed by atoms with Crippen LogP contribution in [0.5, 0.6) is 5.75 Å².